The molecule has 0 spiro atoms. The lowest BCUT2D eigenvalue weighted by atomic mass is 9.72. The first-order chi connectivity index (χ1) is 15.7. The van der Waals surface area contributed by atoms with Gasteiger partial charge in [0.25, 0.3) is 0 Å². The molecule has 3 aromatic carbocycles. The maximum Gasteiger partial charge on any atom is 0.228 e. The molecule has 0 aliphatic carbocycles. The fourth-order valence-corrected chi connectivity index (χ4v) is 5.76. The molecule has 1 amide bonds. The quantitative estimate of drug-likeness (QED) is 0.615. The minimum atomic E-state index is -0.185. The van der Waals surface area contributed by atoms with Gasteiger partial charge in [-0.05, 0) is 35.4 Å². The summed E-state index contributed by atoms with van der Waals surface area (Å²) in [6.07, 6.45) is 1.99. The number of carbonyl (C=O) groups is 1. The fraction of sp³-hybridized carbons (Fsp3) is 0.345. The molecule has 5 rings (SSSR count). The number of nitrogens with one attached hydrogen (secondary N) is 1. The van der Waals surface area contributed by atoms with Gasteiger partial charge < -0.3 is 10.2 Å². The van der Waals surface area contributed by atoms with Crippen LogP contribution in [0.15, 0.2) is 91.0 Å². The van der Waals surface area contributed by atoms with E-state index in [0.29, 0.717) is 11.8 Å². The Morgan fingerprint density at radius 3 is 2.12 bits per heavy atom. The summed E-state index contributed by atoms with van der Waals surface area (Å²) in [4.78, 5) is 16.3. The maximum atomic E-state index is 14.1. The fourth-order valence-electron chi connectivity index (χ4n) is 5.76. The summed E-state index contributed by atoms with van der Waals surface area (Å²) in [5.74, 6) is 0.721. The average Bonchev–Trinajstić information content (AvgIpc) is 3.27. The van der Waals surface area contributed by atoms with Crippen molar-refractivity contribution in [1.82, 2.24) is 10.2 Å². The SMILES string of the molecule is C[C@@]1(c2ccccc2)CNC[C@H]1C(=O)N1CC[C@H](c2ccccc2)C[C@@H]1c1ccccc1. The van der Waals surface area contributed by atoms with Gasteiger partial charge in [0.15, 0.2) is 0 Å². The second kappa shape index (κ2) is 8.91. The Kier molecular flexibility index (Phi) is 5.84. The van der Waals surface area contributed by atoms with Gasteiger partial charge in [-0.1, -0.05) is 97.9 Å². The van der Waals surface area contributed by atoms with Gasteiger partial charge in [-0.2, -0.15) is 0 Å². The number of likely N-dealkylation sites (tertiary alicyclic amines) is 1. The van der Waals surface area contributed by atoms with Gasteiger partial charge in [-0.15, -0.1) is 0 Å². The number of hydrogen-bond acceptors (Lipinski definition) is 2. The van der Waals surface area contributed by atoms with E-state index < -0.39 is 0 Å². The molecule has 0 unspecified atom stereocenters. The minimum absolute atomic E-state index is 0.0515. The highest BCUT2D eigenvalue weighted by atomic mass is 16.2. The largest absolute Gasteiger partial charge is 0.335 e. The molecule has 4 atom stereocenters. The first-order valence-corrected chi connectivity index (χ1v) is 11.8. The molecule has 164 valence electrons. The van der Waals surface area contributed by atoms with Gasteiger partial charge >= 0.3 is 0 Å². The monoisotopic (exact) mass is 424 g/mol. The van der Waals surface area contributed by atoms with Crippen LogP contribution in [0.3, 0.4) is 0 Å². The Balaban J connectivity index is 1.45. The summed E-state index contributed by atoms with van der Waals surface area (Å²) in [5.41, 5.74) is 3.69. The van der Waals surface area contributed by atoms with Crippen molar-refractivity contribution in [3.05, 3.63) is 108 Å². The third-order valence-electron chi connectivity index (χ3n) is 7.68. The van der Waals surface area contributed by atoms with Crippen LogP contribution in [0.25, 0.3) is 0 Å². The maximum absolute atomic E-state index is 14.1. The number of piperidine rings is 1. The third-order valence-corrected chi connectivity index (χ3v) is 7.68. The predicted molar refractivity (Wildman–Crippen MR) is 129 cm³/mol. The van der Waals surface area contributed by atoms with Gasteiger partial charge in [0.2, 0.25) is 5.91 Å². The van der Waals surface area contributed by atoms with E-state index in [4.69, 9.17) is 0 Å². The molecule has 0 saturated carbocycles. The Hall–Kier alpha value is -2.91. The zero-order valence-corrected chi connectivity index (χ0v) is 18.8. The standard InChI is InChI=1S/C29H32N2O/c1-29(25-15-9-4-10-16-25)21-30-20-26(29)28(32)31-18-17-24(22-11-5-2-6-12-22)19-27(31)23-13-7-3-8-14-23/h2-16,24,26-27,30H,17-21H2,1H3/t24-,26-,27+,29-/m0/s1. The van der Waals surface area contributed by atoms with Crippen molar-refractivity contribution in [2.45, 2.75) is 37.1 Å². The molecule has 0 bridgehead atoms. The highest BCUT2D eigenvalue weighted by Crippen LogP contribution is 2.43. The number of amides is 1. The summed E-state index contributed by atoms with van der Waals surface area (Å²) in [6, 6.07) is 32.1. The molecule has 2 heterocycles. The van der Waals surface area contributed by atoms with E-state index in [1.807, 2.05) is 6.07 Å². The number of rotatable bonds is 4. The molecule has 3 nitrogen and oxygen atoms in total. The molecule has 2 aliphatic rings. The molecule has 0 radical (unpaired) electrons. The van der Waals surface area contributed by atoms with Gasteiger partial charge in [-0.25, -0.2) is 0 Å². The van der Waals surface area contributed by atoms with Crippen LogP contribution in [0.4, 0.5) is 0 Å². The molecular formula is C29H32N2O. The van der Waals surface area contributed by atoms with Crippen LogP contribution in [0, 0.1) is 5.92 Å². The van der Waals surface area contributed by atoms with E-state index in [1.165, 1.54) is 16.7 Å². The molecule has 2 saturated heterocycles. The van der Waals surface area contributed by atoms with Crippen molar-refractivity contribution in [3.8, 4) is 0 Å². The van der Waals surface area contributed by atoms with Crippen molar-refractivity contribution in [2.24, 2.45) is 5.92 Å². The van der Waals surface area contributed by atoms with Crippen LogP contribution in [0.5, 0.6) is 0 Å². The summed E-state index contributed by atoms with van der Waals surface area (Å²) >= 11 is 0. The zero-order valence-electron chi connectivity index (χ0n) is 18.8. The van der Waals surface area contributed by atoms with E-state index in [-0.39, 0.29) is 17.4 Å². The third kappa shape index (κ3) is 3.86. The highest BCUT2D eigenvalue weighted by molar-refractivity contribution is 5.82. The summed E-state index contributed by atoms with van der Waals surface area (Å²) in [6.45, 7) is 4.63. The van der Waals surface area contributed by atoms with Crippen molar-refractivity contribution in [1.29, 1.82) is 0 Å². The van der Waals surface area contributed by atoms with E-state index in [0.717, 1.165) is 32.5 Å². The minimum Gasteiger partial charge on any atom is -0.335 e. The molecule has 1 N–H and O–H groups in total. The average molecular weight is 425 g/mol. The van der Waals surface area contributed by atoms with Crippen LogP contribution >= 0.6 is 0 Å². The van der Waals surface area contributed by atoms with Crippen molar-refractivity contribution in [3.63, 3.8) is 0 Å². The lowest BCUT2D eigenvalue weighted by Gasteiger charge is -2.43. The van der Waals surface area contributed by atoms with Crippen LogP contribution in [-0.4, -0.2) is 30.4 Å². The zero-order chi connectivity index (χ0) is 22.0. The molecular weight excluding hydrogens is 392 g/mol. The number of benzene rings is 3. The van der Waals surface area contributed by atoms with E-state index in [1.54, 1.807) is 0 Å². The first kappa shape index (κ1) is 21.0. The lowest BCUT2D eigenvalue weighted by molar-refractivity contribution is -0.140. The van der Waals surface area contributed by atoms with E-state index >= 15 is 0 Å². The van der Waals surface area contributed by atoms with Crippen LogP contribution in [0.2, 0.25) is 0 Å². The highest BCUT2D eigenvalue weighted by Gasteiger charge is 2.47. The number of nitrogens with zero attached hydrogens (tertiary/aromatic N) is 1. The predicted octanol–water partition coefficient (Wildman–Crippen LogP) is 5.31. The molecule has 0 aromatic heterocycles. The first-order valence-electron chi connectivity index (χ1n) is 11.8. The van der Waals surface area contributed by atoms with E-state index in [2.05, 4.69) is 102 Å². The van der Waals surface area contributed by atoms with E-state index in [9.17, 15) is 4.79 Å². The Bertz CT molecular complexity index is 1040. The van der Waals surface area contributed by atoms with Gasteiger partial charge in [0, 0.05) is 25.0 Å². The Morgan fingerprint density at radius 2 is 1.47 bits per heavy atom. The van der Waals surface area contributed by atoms with Crippen molar-refractivity contribution < 1.29 is 4.79 Å². The summed E-state index contributed by atoms with van der Waals surface area (Å²) in [5, 5.41) is 3.52. The normalized spacial score (nSPS) is 27.9. The topological polar surface area (TPSA) is 32.3 Å². The second-order valence-electron chi connectivity index (χ2n) is 9.56. The smallest absolute Gasteiger partial charge is 0.228 e. The Morgan fingerprint density at radius 1 is 0.875 bits per heavy atom. The van der Waals surface area contributed by atoms with Crippen LogP contribution in [-0.2, 0) is 10.2 Å². The van der Waals surface area contributed by atoms with Gasteiger partial charge in [-0.3, -0.25) is 4.79 Å². The molecule has 3 heteroatoms. The van der Waals surface area contributed by atoms with Crippen molar-refractivity contribution >= 4 is 5.91 Å². The molecule has 2 aliphatic heterocycles. The number of carbonyl (C=O) groups excluding carboxylic acids is 1. The molecule has 2 fully saturated rings. The summed E-state index contributed by atoms with van der Waals surface area (Å²) in [7, 11) is 0. The van der Waals surface area contributed by atoms with Crippen molar-refractivity contribution in [2.75, 3.05) is 19.6 Å². The Labute approximate surface area is 191 Å². The number of hydrogen-bond donors (Lipinski definition) is 1. The van der Waals surface area contributed by atoms with Crippen LogP contribution < -0.4 is 5.32 Å². The molecule has 32 heavy (non-hydrogen) atoms. The van der Waals surface area contributed by atoms with Gasteiger partial charge in [0.05, 0.1) is 12.0 Å². The second-order valence-corrected chi connectivity index (χ2v) is 9.56. The van der Waals surface area contributed by atoms with Gasteiger partial charge in [0.1, 0.15) is 0 Å². The lowest BCUT2D eigenvalue weighted by Crippen LogP contribution is -2.48. The van der Waals surface area contributed by atoms with Crippen LogP contribution in [0.1, 0.15) is 48.4 Å². The molecule has 3 aromatic rings. The summed E-state index contributed by atoms with van der Waals surface area (Å²) < 4.78 is 0.